The van der Waals surface area contributed by atoms with Crippen molar-refractivity contribution in [1.82, 2.24) is 0 Å². The van der Waals surface area contributed by atoms with Crippen molar-refractivity contribution in [3.63, 3.8) is 0 Å². The highest BCUT2D eigenvalue weighted by Crippen LogP contribution is 2.35. The Morgan fingerprint density at radius 1 is 0.667 bits per heavy atom. The molecule has 3 heteroatoms. The van der Waals surface area contributed by atoms with Crippen molar-refractivity contribution in [2.24, 2.45) is 0 Å². The van der Waals surface area contributed by atoms with Crippen LogP contribution in [0.4, 0.5) is 4.39 Å². The first-order valence-corrected chi connectivity index (χ1v) is 9.03. The summed E-state index contributed by atoms with van der Waals surface area (Å²) in [5.41, 5.74) is 0. The highest BCUT2D eigenvalue weighted by Gasteiger charge is 2.21. The van der Waals surface area contributed by atoms with E-state index in [-0.39, 0.29) is 5.82 Å². The Bertz CT molecular complexity index is 669. The zero-order valence-electron chi connectivity index (χ0n) is 11.2. The predicted molar refractivity (Wildman–Crippen MR) is 97.8 cm³/mol. The van der Waals surface area contributed by atoms with E-state index >= 15 is 0 Å². The van der Waals surface area contributed by atoms with Crippen molar-refractivity contribution in [3.05, 3.63) is 88.3 Å². The molecule has 0 radical (unpaired) electrons. The van der Waals surface area contributed by atoms with Gasteiger partial charge in [0.15, 0.2) is 0 Å². The molecular weight excluding hydrogens is 393 g/mol. The van der Waals surface area contributed by atoms with Crippen LogP contribution in [-0.4, -0.2) is 0 Å². The largest absolute Gasteiger partial charge is 0.206 e. The molecule has 3 aromatic carbocycles. The molecule has 0 aliphatic heterocycles. The van der Waals surface area contributed by atoms with Gasteiger partial charge in [0.25, 0.3) is 0 Å². The van der Waals surface area contributed by atoms with Gasteiger partial charge in [-0.2, -0.15) is 0 Å². The van der Waals surface area contributed by atoms with Crippen molar-refractivity contribution >= 4 is 46.4 Å². The van der Waals surface area contributed by atoms with Gasteiger partial charge in [-0.1, -0.05) is 66.7 Å². The zero-order valence-corrected chi connectivity index (χ0v) is 14.3. The fraction of sp³-hybridized carbons (Fsp3) is 0. The number of benzene rings is 3. The summed E-state index contributed by atoms with van der Waals surface area (Å²) in [6.07, 6.45) is 0. The Balaban J connectivity index is 2.23. The van der Waals surface area contributed by atoms with Gasteiger partial charge in [-0.3, -0.25) is 0 Å². The normalized spacial score (nSPS) is 10.8. The van der Waals surface area contributed by atoms with Crippen molar-refractivity contribution in [1.29, 1.82) is 0 Å². The van der Waals surface area contributed by atoms with E-state index in [0.717, 1.165) is 8.87 Å². The Labute approximate surface area is 138 Å². The van der Waals surface area contributed by atoms with Crippen molar-refractivity contribution in [3.8, 4) is 0 Å². The fourth-order valence-electron chi connectivity index (χ4n) is 2.26. The van der Waals surface area contributed by atoms with E-state index in [1.54, 1.807) is 12.1 Å². The minimum Gasteiger partial charge on any atom is -0.206 e. The molecule has 0 spiro atoms. The molecule has 3 rings (SSSR count). The van der Waals surface area contributed by atoms with Gasteiger partial charge in [0, 0.05) is 8.87 Å². The number of halogens is 2. The molecular formula is C18H13FIP. The third-order valence-electron chi connectivity index (χ3n) is 3.19. The molecule has 0 bridgehead atoms. The van der Waals surface area contributed by atoms with Gasteiger partial charge in [-0.15, -0.1) is 0 Å². The molecule has 0 atom stereocenters. The van der Waals surface area contributed by atoms with Gasteiger partial charge in [-0.05, 0) is 53.3 Å². The van der Waals surface area contributed by atoms with Crippen molar-refractivity contribution < 1.29 is 4.39 Å². The molecule has 0 nitrogen and oxygen atoms in total. The molecule has 0 aliphatic rings. The molecule has 0 amide bonds. The van der Waals surface area contributed by atoms with Crippen molar-refractivity contribution in [2.45, 2.75) is 0 Å². The van der Waals surface area contributed by atoms with E-state index in [4.69, 9.17) is 0 Å². The molecule has 0 fully saturated rings. The molecule has 0 heterocycles. The first-order chi connectivity index (χ1) is 10.3. The minimum absolute atomic E-state index is 0.124. The van der Waals surface area contributed by atoms with E-state index in [1.165, 1.54) is 10.6 Å². The number of rotatable bonds is 3. The standard InChI is InChI=1S/C18H13FIP/c19-16-12-7-13-17(20)18(16)21(14-8-3-1-4-9-14)15-10-5-2-6-11-15/h1-13H. The molecule has 0 N–H and O–H groups in total. The van der Waals surface area contributed by atoms with Gasteiger partial charge < -0.3 is 0 Å². The Morgan fingerprint density at radius 3 is 1.67 bits per heavy atom. The number of hydrogen-bond acceptors (Lipinski definition) is 0. The van der Waals surface area contributed by atoms with Crippen LogP contribution in [0, 0.1) is 9.39 Å². The van der Waals surface area contributed by atoms with E-state index in [0.29, 0.717) is 0 Å². The molecule has 104 valence electrons. The molecule has 0 saturated carbocycles. The smallest absolute Gasteiger partial charge is 0.132 e. The monoisotopic (exact) mass is 406 g/mol. The topological polar surface area (TPSA) is 0 Å². The maximum atomic E-state index is 14.5. The lowest BCUT2D eigenvalue weighted by Gasteiger charge is -2.21. The fourth-order valence-corrected chi connectivity index (χ4v) is 5.78. The first-order valence-electron chi connectivity index (χ1n) is 6.61. The summed E-state index contributed by atoms with van der Waals surface area (Å²) in [6, 6.07) is 25.7. The average molecular weight is 406 g/mol. The second-order valence-electron chi connectivity index (χ2n) is 4.58. The van der Waals surface area contributed by atoms with E-state index in [2.05, 4.69) is 46.9 Å². The zero-order chi connectivity index (χ0) is 14.7. The third kappa shape index (κ3) is 3.17. The molecule has 0 aliphatic carbocycles. The van der Waals surface area contributed by atoms with Crippen LogP contribution in [0.3, 0.4) is 0 Å². The summed E-state index contributed by atoms with van der Waals surface area (Å²) >= 11 is 2.23. The SMILES string of the molecule is Fc1cccc(I)c1P(c1ccccc1)c1ccccc1. The van der Waals surface area contributed by atoms with Crippen LogP contribution < -0.4 is 15.9 Å². The summed E-state index contributed by atoms with van der Waals surface area (Å²) in [7, 11) is -0.870. The van der Waals surface area contributed by atoms with Gasteiger partial charge in [0.05, 0.1) is 0 Å². The first kappa shape index (κ1) is 14.7. The Kier molecular flexibility index (Phi) is 4.67. The maximum absolute atomic E-state index is 14.5. The van der Waals surface area contributed by atoms with Gasteiger partial charge in [-0.25, -0.2) is 4.39 Å². The lowest BCUT2D eigenvalue weighted by molar-refractivity contribution is 0.635. The van der Waals surface area contributed by atoms with Crippen LogP contribution in [0.1, 0.15) is 0 Å². The summed E-state index contributed by atoms with van der Waals surface area (Å²) in [5, 5.41) is 3.15. The summed E-state index contributed by atoms with van der Waals surface area (Å²) in [4.78, 5) is 0. The lowest BCUT2D eigenvalue weighted by atomic mass is 10.3. The van der Waals surface area contributed by atoms with Crippen LogP contribution >= 0.6 is 30.5 Å². The van der Waals surface area contributed by atoms with Crippen LogP contribution in [-0.2, 0) is 0 Å². The van der Waals surface area contributed by atoms with Gasteiger partial charge in [0.2, 0.25) is 0 Å². The highest BCUT2D eigenvalue weighted by atomic mass is 127. The second-order valence-corrected chi connectivity index (χ2v) is 7.89. The van der Waals surface area contributed by atoms with E-state index in [9.17, 15) is 4.39 Å². The molecule has 3 aromatic rings. The van der Waals surface area contributed by atoms with Crippen molar-refractivity contribution in [2.75, 3.05) is 0 Å². The van der Waals surface area contributed by atoms with E-state index < -0.39 is 7.92 Å². The Morgan fingerprint density at radius 2 is 1.19 bits per heavy atom. The average Bonchev–Trinajstić information content (AvgIpc) is 2.53. The van der Waals surface area contributed by atoms with Crippen LogP contribution in [0.2, 0.25) is 0 Å². The summed E-state index contributed by atoms with van der Waals surface area (Å²) < 4.78 is 15.5. The lowest BCUT2D eigenvalue weighted by Crippen LogP contribution is -2.24. The second kappa shape index (κ2) is 6.67. The van der Waals surface area contributed by atoms with Crippen LogP contribution in [0.25, 0.3) is 0 Å². The molecule has 0 saturated heterocycles. The number of hydrogen-bond donors (Lipinski definition) is 0. The third-order valence-corrected chi connectivity index (χ3v) is 7.05. The maximum Gasteiger partial charge on any atom is 0.132 e. The summed E-state index contributed by atoms with van der Waals surface area (Å²) in [5.74, 6) is -0.124. The van der Waals surface area contributed by atoms with Crippen LogP contribution in [0.15, 0.2) is 78.9 Å². The van der Waals surface area contributed by atoms with Crippen LogP contribution in [0.5, 0.6) is 0 Å². The van der Waals surface area contributed by atoms with Gasteiger partial charge >= 0.3 is 0 Å². The predicted octanol–water partition coefficient (Wildman–Crippen LogP) is 4.19. The van der Waals surface area contributed by atoms with Gasteiger partial charge in [0.1, 0.15) is 5.82 Å². The molecule has 21 heavy (non-hydrogen) atoms. The Hall–Kier alpha value is -1.25. The quantitative estimate of drug-likeness (QED) is 0.452. The molecule has 0 unspecified atom stereocenters. The highest BCUT2D eigenvalue weighted by molar-refractivity contribution is 14.1. The molecule has 0 aromatic heterocycles. The van der Waals surface area contributed by atoms with E-state index in [1.807, 2.05) is 42.5 Å². The summed E-state index contributed by atoms with van der Waals surface area (Å²) in [6.45, 7) is 0. The minimum atomic E-state index is -0.870.